The Bertz CT molecular complexity index is 1090. The van der Waals surface area contributed by atoms with Crippen molar-refractivity contribution < 1.29 is 9.53 Å². The van der Waals surface area contributed by atoms with E-state index >= 15 is 0 Å². The molecule has 1 N–H and O–H groups in total. The summed E-state index contributed by atoms with van der Waals surface area (Å²) < 4.78 is 6.48. The van der Waals surface area contributed by atoms with Crippen LogP contribution < -0.4 is 10.1 Å². The van der Waals surface area contributed by atoms with Crippen molar-refractivity contribution in [2.75, 3.05) is 11.9 Å². The van der Waals surface area contributed by atoms with E-state index in [4.69, 9.17) is 4.74 Å². The number of carbonyl (C=O) groups is 1. The smallest absolute Gasteiger partial charge is 0.239 e. The number of aromatic nitrogens is 2. The van der Waals surface area contributed by atoms with Gasteiger partial charge in [-0.3, -0.25) is 4.79 Å². The van der Waals surface area contributed by atoms with Crippen molar-refractivity contribution in [1.29, 1.82) is 5.26 Å². The fourth-order valence-electron chi connectivity index (χ4n) is 2.88. The molecular weight excluding hydrogens is 404 g/mol. The van der Waals surface area contributed by atoms with Gasteiger partial charge in [0, 0.05) is 5.69 Å². The molecule has 0 saturated heterocycles. The molecule has 3 aromatic rings. The van der Waals surface area contributed by atoms with Gasteiger partial charge >= 0.3 is 0 Å². The van der Waals surface area contributed by atoms with Crippen LogP contribution in [0, 0.1) is 25.2 Å². The van der Waals surface area contributed by atoms with E-state index in [1.807, 2.05) is 52.0 Å². The Balaban J connectivity index is 1.79. The summed E-state index contributed by atoms with van der Waals surface area (Å²) in [5.74, 6) is 0.639. The van der Waals surface area contributed by atoms with Gasteiger partial charge in [-0.2, -0.15) is 5.26 Å². The minimum atomic E-state index is -0.373. The summed E-state index contributed by atoms with van der Waals surface area (Å²) in [7, 11) is 0. The molecule has 0 radical (unpaired) electrons. The molecule has 0 fully saturated rings. The highest BCUT2D eigenvalue weighted by molar-refractivity contribution is 8.00. The van der Waals surface area contributed by atoms with Gasteiger partial charge in [-0.05, 0) is 57.0 Å². The van der Waals surface area contributed by atoms with Crippen LogP contribution in [0.25, 0.3) is 10.2 Å². The van der Waals surface area contributed by atoms with Crippen LogP contribution in [0.2, 0.25) is 0 Å². The fourth-order valence-corrected chi connectivity index (χ4v) is 4.90. The van der Waals surface area contributed by atoms with E-state index in [0.29, 0.717) is 28.7 Å². The first-order valence-electron chi connectivity index (χ1n) is 9.34. The maximum Gasteiger partial charge on any atom is 0.239 e. The van der Waals surface area contributed by atoms with E-state index < -0.39 is 0 Å². The first-order chi connectivity index (χ1) is 13.9. The number of hydrogen-bond acceptors (Lipinski definition) is 7. The van der Waals surface area contributed by atoms with Crippen molar-refractivity contribution in [2.24, 2.45) is 0 Å². The fraction of sp³-hybridized carbons (Fsp3) is 0.333. The monoisotopic (exact) mass is 426 g/mol. The third-order valence-corrected chi connectivity index (χ3v) is 6.53. The van der Waals surface area contributed by atoms with Crippen LogP contribution in [0.3, 0.4) is 0 Å². The topological polar surface area (TPSA) is 87.9 Å². The molecule has 0 saturated carbocycles. The van der Waals surface area contributed by atoms with Crippen LogP contribution in [-0.4, -0.2) is 27.7 Å². The normalized spacial score (nSPS) is 11.8. The second-order valence-electron chi connectivity index (χ2n) is 6.46. The van der Waals surface area contributed by atoms with Crippen molar-refractivity contribution in [3.8, 4) is 11.8 Å². The number of nitrogens with one attached hydrogen (secondary N) is 1. The number of thioether (sulfide) groups is 1. The van der Waals surface area contributed by atoms with Gasteiger partial charge in [0.2, 0.25) is 5.91 Å². The quantitative estimate of drug-likeness (QED) is 0.530. The summed E-state index contributed by atoms with van der Waals surface area (Å²) in [6, 6.07) is 9.77. The number of fused-ring (bicyclic) bond motifs is 1. The van der Waals surface area contributed by atoms with Gasteiger partial charge in [-0.1, -0.05) is 30.0 Å². The van der Waals surface area contributed by atoms with Gasteiger partial charge in [0.25, 0.3) is 0 Å². The molecule has 1 amide bonds. The van der Waals surface area contributed by atoms with E-state index in [1.165, 1.54) is 23.1 Å². The van der Waals surface area contributed by atoms with Gasteiger partial charge in [-0.25, -0.2) is 9.97 Å². The lowest BCUT2D eigenvalue weighted by Gasteiger charge is -2.15. The van der Waals surface area contributed by atoms with E-state index in [0.717, 1.165) is 27.2 Å². The van der Waals surface area contributed by atoms with Crippen molar-refractivity contribution in [1.82, 2.24) is 9.97 Å². The minimum absolute atomic E-state index is 0.147. The highest BCUT2D eigenvalue weighted by Crippen LogP contribution is 2.32. The molecular formula is C21H22N4O2S2. The van der Waals surface area contributed by atoms with Crippen molar-refractivity contribution in [3.63, 3.8) is 0 Å². The van der Waals surface area contributed by atoms with Crippen LogP contribution in [0.1, 0.15) is 37.1 Å². The largest absolute Gasteiger partial charge is 0.494 e. The zero-order chi connectivity index (χ0) is 21.0. The molecule has 3 rings (SSSR count). The highest BCUT2D eigenvalue weighted by atomic mass is 32.2. The Kier molecular flexibility index (Phi) is 6.72. The molecule has 0 bridgehead atoms. The molecule has 6 nitrogen and oxygen atoms in total. The molecule has 2 heterocycles. The number of amides is 1. The number of pyridine rings is 1. The number of hydrogen-bond donors (Lipinski definition) is 1. The van der Waals surface area contributed by atoms with Gasteiger partial charge < -0.3 is 10.1 Å². The molecule has 29 heavy (non-hydrogen) atoms. The van der Waals surface area contributed by atoms with Crippen LogP contribution in [-0.2, 0) is 4.79 Å². The van der Waals surface area contributed by atoms with Crippen LogP contribution >= 0.6 is 23.1 Å². The van der Waals surface area contributed by atoms with Crippen LogP contribution in [0.4, 0.5) is 5.13 Å². The maximum absolute atomic E-state index is 12.9. The zero-order valence-electron chi connectivity index (χ0n) is 16.8. The predicted molar refractivity (Wildman–Crippen MR) is 118 cm³/mol. The average molecular weight is 427 g/mol. The van der Waals surface area contributed by atoms with E-state index in [1.54, 1.807) is 0 Å². The van der Waals surface area contributed by atoms with E-state index in [9.17, 15) is 10.1 Å². The highest BCUT2D eigenvalue weighted by Gasteiger charge is 2.22. The molecule has 2 aromatic heterocycles. The first-order valence-corrected chi connectivity index (χ1v) is 11.0. The lowest BCUT2D eigenvalue weighted by atomic mass is 10.1. The maximum atomic E-state index is 12.9. The van der Waals surface area contributed by atoms with Crippen LogP contribution in [0.5, 0.6) is 5.75 Å². The lowest BCUT2D eigenvalue weighted by Crippen LogP contribution is -2.24. The van der Waals surface area contributed by atoms with Gasteiger partial charge in [-0.15, -0.1) is 0 Å². The molecule has 0 spiro atoms. The Morgan fingerprint density at radius 3 is 2.79 bits per heavy atom. The predicted octanol–water partition coefficient (Wildman–Crippen LogP) is 5.09. The first kappa shape index (κ1) is 21.1. The molecule has 0 aliphatic carbocycles. The van der Waals surface area contributed by atoms with Crippen molar-refractivity contribution >= 4 is 44.4 Å². The van der Waals surface area contributed by atoms with Gasteiger partial charge in [0.05, 0.1) is 27.6 Å². The second-order valence-corrected chi connectivity index (χ2v) is 8.68. The number of aryl methyl sites for hydroxylation is 2. The number of nitriles is 1. The second kappa shape index (κ2) is 9.25. The summed E-state index contributed by atoms with van der Waals surface area (Å²) in [4.78, 5) is 21.8. The number of carbonyl (C=O) groups excluding carboxylic acids is 1. The molecule has 1 atom stereocenters. The molecule has 8 heteroatoms. The number of thiazole rings is 1. The standard InChI is InChI=1S/C21H22N4O2S2/c1-5-17(28-20-15(11-22)12(3)9-13(4)23-20)19(26)25-21-24-16-8-7-14(27-6-2)10-18(16)29-21/h7-10,17H,5-6H2,1-4H3,(H,24,25,26). The van der Waals surface area contributed by atoms with Crippen molar-refractivity contribution in [3.05, 3.63) is 41.1 Å². The summed E-state index contributed by atoms with van der Waals surface area (Å²) in [5.41, 5.74) is 3.04. The SMILES string of the molecule is CCOc1ccc2nc(NC(=O)C(CC)Sc3nc(C)cc(C)c3C#N)sc2c1. The van der Waals surface area contributed by atoms with Crippen molar-refractivity contribution in [2.45, 2.75) is 44.4 Å². The average Bonchev–Trinajstić information content (AvgIpc) is 3.07. The number of ether oxygens (including phenoxy) is 1. The Morgan fingerprint density at radius 1 is 1.31 bits per heavy atom. The summed E-state index contributed by atoms with van der Waals surface area (Å²) in [6.45, 7) is 8.25. The van der Waals surface area contributed by atoms with Gasteiger partial charge in [0.15, 0.2) is 5.13 Å². The number of anilines is 1. The lowest BCUT2D eigenvalue weighted by molar-refractivity contribution is -0.115. The molecule has 1 unspecified atom stereocenters. The Labute approximate surface area is 178 Å². The van der Waals surface area contributed by atoms with Crippen LogP contribution in [0.15, 0.2) is 29.3 Å². The Hall–Kier alpha value is -2.63. The molecule has 0 aliphatic heterocycles. The summed E-state index contributed by atoms with van der Waals surface area (Å²) in [6.07, 6.45) is 0.607. The Morgan fingerprint density at radius 2 is 2.10 bits per heavy atom. The zero-order valence-corrected chi connectivity index (χ0v) is 18.4. The number of rotatable bonds is 7. The summed E-state index contributed by atoms with van der Waals surface area (Å²) in [5, 5.41) is 13.2. The molecule has 0 aliphatic rings. The van der Waals surface area contributed by atoms with E-state index in [2.05, 4.69) is 21.4 Å². The third kappa shape index (κ3) is 4.86. The number of nitrogens with zero attached hydrogens (tertiary/aromatic N) is 3. The molecule has 1 aromatic carbocycles. The third-order valence-electron chi connectivity index (χ3n) is 4.24. The van der Waals surface area contributed by atoms with E-state index in [-0.39, 0.29) is 11.2 Å². The van der Waals surface area contributed by atoms with Gasteiger partial charge in [0.1, 0.15) is 16.8 Å². The minimum Gasteiger partial charge on any atom is -0.494 e. The molecule has 150 valence electrons. The summed E-state index contributed by atoms with van der Waals surface area (Å²) >= 11 is 2.73. The number of benzene rings is 1.